The second kappa shape index (κ2) is 7.94. The number of aromatic nitrogens is 2. The number of rotatable bonds is 5. The van der Waals surface area contributed by atoms with Gasteiger partial charge in [0.25, 0.3) is 0 Å². The van der Waals surface area contributed by atoms with Crippen LogP contribution in [0.4, 0.5) is 0 Å². The summed E-state index contributed by atoms with van der Waals surface area (Å²) in [5.74, 6) is 0.689. The van der Waals surface area contributed by atoms with Gasteiger partial charge in [-0.1, -0.05) is 41.6 Å². The van der Waals surface area contributed by atoms with Gasteiger partial charge in [0.15, 0.2) is 0 Å². The molecule has 0 saturated carbocycles. The van der Waals surface area contributed by atoms with E-state index in [1.807, 2.05) is 38.1 Å². The van der Waals surface area contributed by atoms with Gasteiger partial charge in [-0.15, -0.1) is 11.3 Å². The van der Waals surface area contributed by atoms with E-state index in [0.717, 1.165) is 26.6 Å². The van der Waals surface area contributed by atoms with Crippen molar-refractivity contribution in [2.75, 3.05) is 0 Å². The number of aryl methyl sites for hydroxylation is 3. The van der Waals surface area contributed by atoms with Gasteiger partial charge in [-0.3, -0.25) is 4.79 Å². The zero-order valence-electron chi connectivity index (χ0n) is 15.1. The maximum Gasteiger partial charge on any atom is 0.233 e. The van der Waals surface area contributed by atoms with Crippen LogP contribution in [-0.4, -0.2) is 21.1 Å². The van der Waals surface area contributed by atoms with Gasteiger partial charge in [-0.05, 0) is 44.9 Å². The number of hydrogen-bond acceptors (Lipinski definition) is 5. The Morgan fingerprint density at radius 3 is 2.73 bits per heavy atom. The van der Waals surface area contributed by atoms with E-state index in [1.165, 1.54) is 22.2 Å². The summed E-state index contributed by atoms with van der Waals surface area (Å²) in [7, 11) is 0. The van der Waals surface area contributed by atoms with Gasteiger partial charge in [0.1, 0.15) is 15.7 Å². The summed E-state index contributed by atoms with van der Waals surface area (Å²) in [4.78, 5) is 23.9. The number of halogens is 1. The van der Waals surface area contributed by atoms with Crippen LogP contribution in [0.2, 0.25) is 5.02 Å². The largest absolute Gasteiger partial charge is 0.351 e. The second-order valence-electron chi connectivity index (χ2n) is 6.11. The number of hydrogen-bond donors (Lipinski definition) is 1. The third-order valence-electron chi connectivity index (χ3n) is 4.18. The molecule has 1 N–H and O–H groups in total. The van der Waals surface area contributed by atoms with E-state index in [2.05, 4.69) is 29.1 Å². The Morgan fingerprint density at radius 1 is 1.27 bits per heavy atom. The second-order valence-corrected chi connectivity index (χ2v) is 9.05. The van der Waals surface area contributed by atoms with Gasteiger partial charge in [0.05, 0.1) is 5.25 Å². The predicted octanol–water partition coefficient (Wildman–Crippen LogP) is 5.07. The Balaban J connectivity index is 1.75. The van der Waals surface area contributed by atoms with Crippen molar-refractivity contribution in [2.24, 2.45) is 0 Å². The molecule has 0 bridgehead atoms. The minimum absolute atomic E-state index is 0.0380. The molecule has 0 aliphatic rings. The number of thioether (sulfide) groups is 1. The lowest BCUT2D eigenvalue weighted by atomic mass is 10.2. The average Bonchev–Trinajstić information content (AvgIpc) is 2.87. The lowest BCUT2D eigenvalue weighted by Gasteiger charge is -2.13. The Labute approximate surface area is 166 Å². The molecule has 136 valence electrons. The smallest absolute Gasteiger partial charge is 0.233 e. The molecule has 0 unspecified atom stereocenters. The maximum atomic E-state index is 12.5. The lowest BCUT2D eigenvalue weighted by Crippen LogP contribution is -2.30. The molecule has 0 spiro atoms. The molecule has 26 heavy (non-hydrogen) atoms. The quantitative estimate of drug-likeness (QED) is 0.475. The van der Waals surface area contributed by atoms with Gasteiger partial charge in [0.2, 0.25) is 5.91 Å². The van der Waals surface area contributed by atoms with E-state index in [0.29, 0.717) is 11.6 Å². The molecule has 0 fully saturated rings. The van der Waals surface area contributed by atoms with E-state index in [-0.39, 0.29) is 11.2 Å². The van der Waals surface area contributed by atoms with Crippen molar-refractivity contribution in [1.29, 1.82) is 0 Å². The van der Waals surface area contributed by atoms with Gasteiger partial charge in [0, 0.05) is 21.8 Å². The zero-order chi connectivity index (χ0) is 18.8. The first kappa shape index (κ1) is 19.1. The highest BCUT2D eigenvalue weighted by atomic mass is 35.5. The van der Waals surface area contributed by atoms with Crippen LogP contribution < -0.4 is 5.32 Å². The molecule has 0 radical (unpaired) electrons. The number of nitrogens with one attached hydrogen (secondary N) is 1. The standard InChI is InChI=1S/C19H20ClN3OS2/c1-10-11(2)25-18-16(10)19(23-13(4)22-18)26-12(3)17(24)21-9-14-7-5-6-8-15(14)20/h5-8,12H,9H2,1-4H3,(H,21,24)/t12-/m0/s1. The molecule has 0 aliphatic heterocycles. The van der Waals surface area contributed by atoms with Crippen LogP contribution in [0.25, 0.3) is 10.2 Å². The number of amides is 1. The highest BCUT2D eigenvalue weighted by molar-refractivity contribution is 8.00. The number of fused-ring (bicyclic) bond motifs is 1. The van der Waals surface area contributed by atoms with E-state index in [1.54, 1.807) is 11.3 Å². The van der Waals surface area contributed by atoms with Gasteiger partial charge in [-0.25, -0.2) is 9.97 Å². The number of carbonyl (C=O) groups is 1. The summed E-state index contributed by atoms with van der Waals surface area (Å²) in [6.45, 7) is 8.36. The fourth-order valence-corrected chi connectivity index (χ4v) is 5.01. The summed E-state index contributed by atoms with van der Waals surface area (Å²) < 4.78 is 0. The number of benzene rings is 1. The van der Waals surface area contributed by atoms with E-state index in [9.17, 15) is 4.79 Å². The van der Waals surface area contributed by atoms with Crippen LogP contribution in [0.5, 0.6) is 0 Å². The number of nitrogens with zero attached hydrogens (tertiary/aromatic N) is 2. The van der Waals surface area contributed by atoms with Crippen LogP contribution in [0, 0.1) is 20.8 Å². The van der Waals surface area contributed by atoms with Crippen molar-refractivity contribution in [3.8, 4) is 0 Å². The summed E-state index contributed by atoms with van der Waals surface area (Å²) in [6.07, 6.45) is 0. The normalized spacial score (nSPS) is 12.3. The molecule has 2 aromatic heterocycles. The van der Waals surface area contributed by atoms with Crippen LogP contribution in [0.1, 0.15) is 28.8 Å². The van der Waals surface area contributed by atoms with Gasteiger partial charge >= 0.3 is 0 Å². The fourth-order valence-electron chi connectivity index (χ4n) is 2.59. The first-order valence-electron chi connectivity index (χ1n) is 8.29. The maximum absolute atomic E-state index is 12.5. The van der Waals surface area contributed by atoms with Crippen LogP contribution in [0.3, 0.4) is 0 Å². The summed E-state index contributed by atoms with van der Waals surface area (Å²) in [5.41, 5.74) is 2.10. The third kappa shape index (κ3) is 4.03. The SMILES string of the molecule is Cc1nc(S[C@@H](C)C(=O)NCc2ccccc2Cl)c2c(C)c(C)sc2n1. The Morgan fingerprint density at radius 2 is 2.00 bits per heavy atom. The van der Waals surface area contributed by atoms with Crippen molar-refractivity contribution < 1.29 is 4.79 Å². The molecule has 7 heteroatoms. The topological polar surface area (TPSA) is 54.9 Å². The molecule has 0 aliphatic carbocycles. The van der Waals surface area contributed by atoms with Crippen molar-refractivity contribution in [2.45, 2.75) is 44.5 Å². The Kier molecular flexibility index (Phi) is 5.85. The van der Waals surface area contributed by atoms with Gasteiger partial charge < -0.3 is 5.32 Å². The minimum Gasteiger partial charge on any atom is -0.351 e. The molecular weight excluding hydrogens is 386 g/mol. The number of thiophene rings is 1. The molecule has 1 atom stereocenters. The molecule has 0 saturated heterocycles. The Hall–Kier alpha value is -1.63. The van der Waals surface area contributed by atoms with E-state index >= 15 is 0 Å². The predicted molar refractivity (Wildman–Crippen MR) is 110 cm³/mol. The third-order valence-corrected chi connectivity index (χ3v) is 6.73. The van der Waals surface area contributed by atoms with Crippen LogP contribution in [-0.2, 0) is 11.3 Å². The van der Waals surface area contributed by atoms with Gasteiger partial charge in [-0.2, -0.15) is 0 Å². The molecule has 1 amide bonds. The van der Waals surface area contributed by atoms with Crippen molar-refractivity contribution >= 4 is 50.8 Å². The molecule has 1 aromatic carbocycles. The highest BCUT2D eigenvalue weighted by Crippen LogP contribution is 2.36. The lowest BCUT2D eigenvalue weighted by molar-refractivity contribution is -0.120. The van der Waals surface area contributed by atoms with Crippen LogP contribution >= 0.6 is 34.7 Å². The van der Waals surface area contributed by atoms with E-state index < -0.39 is 0 Å². The van der Waals surface area contributed by atoms with Crippen molar-refractivity contribution in [1.82, 2.24) is 15.3 Å². The fraction of sp³-hybridized carbons (Fsp3) is 0.316. The number of carbonyl (C=O) groups excluding carboxylic acids is 1. The Bertz CT molecular complexity index is 971. The van der Waals surface area contributed by atoms with Crippen LogP contribution in [0.15, 0.2) is 29.3 Å². The van der Waals surface area contributed by atoms with Crippen molar-refractivity contribution in [3.05, 3.63) is 51.1 Å². The minimum atomic E-state index is -0.269. The molecule has 3 aromatic rings. The molecule has 3 rings (SSSR count). The average molecular weight is 406 g/mol. The summed E-state index contributed by atoms with van der Waals surface area (Å²) >= 11 is 9.29. The monoisotopic (exact) mass is 405 g/mol. The first-order chi connectivity index (χ1) is 12.4. The van der Waals surface area contributed by atoms with Crippen molar-refractivity contribution in [3.63, 3.8) is 0 Å². The molecule has 2 heterocycles. The zero-order valence-corrected chi connectivity index (χ0v) is 17.5. The molecular formula is C19H20ClN3OS2. The first-order valence-corrected chi connectivity index (χ1v) is 10.4. The van der Waals surface area contributed by atoms with E-state index in [4.69, 9.17) is 11.6 Å². The molecule has 4 nitrogen and oxygen atoms in total. The summed E-state index contributed by atoms with van der Waals surface area (Å²) in [5, 5.41) is 5.28. The highest BCUT2D eigenvalue weighted by Gasteiger charge is 2.20. The summed E-state index contributed by atoms with van der Waals surface area (Å²) in [6, 6.07) is 7.52.